The number of urea groups is 1. The molecule has 1 saturated carbocycles. The summed E-state index contributed by atoms with van der Waals surface area (Å²) in [5.41, 5.74) is 5.17. The van der Waals surface area contributed by atoms with Crippen molar-refractivity contribution in [1.29, 1.82) is 0 Å². The Morgan fingerprint density at radius 2 is 2.03 bits per heavy atom. The number of carbonyl (C=O) groups is 1. The normalized spacial score (nSPS) is 17.8. The molecule has 2 heterocycles. The lowest BCUT2D eigenvalue weighted by molar-refractivity contribution is 0.225. The molecule has 0 radical (unpaired) electrons. The molecule has 188 valence electrons. The third-order valence-corrected chi connectivity index (χ3v) is 7.16. The number of aryl methyl sites for hydroxylation is 2. The molecule has 1 aliphatic rings. The van der Waals surface area contributed by atoms with Gasteiger partial charge in [-0.1, -0.05) is 38.0 Å². The van der Waals surface area contributed by atoms with E-state index >= 15 is 0 Å². The molecule has 2 aromatic heterocycles. The molecule has 4 aromatic rings. The van der Waals surface area contributed by atoms with Gasteiger partial charge in [0, 0.05) is 54.5 Å². The molecule has 9 nitrogen and oxygen atoms in total. The van der Waals surface area contributed by atoms with Crippen LogP contribution in [0.3, 0.4) is 0 Å². The highest BCUT2D eigenvalue weighted by atomic mass is 16.2. The number of H-pyrrole nitrogens is 1. The number of carbonyl (C=O) groups excluding carboxylic acids is 1. The maximum absolute atomic E-state index is 13.0. The molecule has 2 atom stereocenters. The molecule has 36 heavy (non-hydrogen) atoms. The van der Waals surface area contributed by atoms with Crippen LogP contribution in [0.4, 0.5) is 10.5 Å². The molecule has 2 amide bonds. The number of aromatic amines is 1. The fraction of sp³-hybridized carbons (Fsp3) is 0.407. The molecule has 1 aliphatic carbocycles. The predicted molar refractivity (Wildman–Crippen MR) is 142 cm³/mol. The van der Waals surface area contributed by atoms with E-state index < -0.39 is 0 Å². The number of benzene rings is 2. The zero-order valence-electron chi connectivity index (χ0n) is 20.9. The summed E-state index contributed by atoms with van der Waals surface area (Å²) in [5.74, 6) is 1.07. The Kier molecular flexibility index (Phi) is 7.27. The number of para-hydroxylation sites is 1. The van der Waals surface area contributed by atoms with E-state index in [1.165, 1.54) is 17.4 Å². The molecule has 2 aromatic carbocycles. The van der Waals surface area contributed by atoms with E-state index in [0.717, 1.165) is 61.1 Å². The molecule has 5 rings (SSSR count). The van der Waals surface area contributed by atoms with Crippen molar-refractivity contribution in [1.82, 2.24) is 35.8 Å². The van der Waals surface area contributed by atoms with Crippen molar-refractivity contribution in [3.05, 3.63) is 59.8 Å². The number of rotatable bonds is 8. The van der Waals surface area contributed by atoms with E-state index in [-0.39, 0.29) is 12.1 Å². The predicted octanol–water partition coefficient (Wildman–Crippen LogP) is 4.39. The molecular formula is C27H34N8O. The van der Waals surface area contributed by atoms with E-state index in [1.54, 1.807) is 4.68 Å². The van der Waals surface area contributed by atoms with Crippen molar-refractivity contribution in [2.24, 2.45) is 13.0 Å². The Morgan fingerprint density at radius 3 is 2.86 bits per heavy atom. The minimum atomic E-state index is -0.168. The first kappa shape index (κ1) is 24.0. The Hall–Kier alpha value is -3.72. The lowest BCUT2D eigenvalue weighted by Crippen LogP contribution is -2.47. The maximum Gasteiger partial charge on any atom is 0.319 e. The molecule has 0 spiro atoms. The van der Waals surface area contributed by atoms with Gasteiger partial charge in [0.2, 0.25) is 0 Å². The number of nitrogens with zero attached hydrogens (tertiary/aromatic N) is 4. The van der Waals surface area contributed by atoms with Gasteiger partial charge in [-0.15, -0.1) is 5.10 Å². The third kappa shape index (κ3) is 5.41. The van der Waals surface area contributed by atoms with Crippen molar-refractivity contribution < 1.29 is 4.79 Å². The average Bonchev–Trinajstić information content (AvgIpc) is 3.51. The lowest BCUT2D eigenvalue weighted by Gasteiger charge is -2.32. The topological polar surface area (TPSA) is 113 Å². The van der Waals surface area contributed by atoms with Gasteiger partial charge in [0.15, 0.2) is 5.82 Å². The van der Waals surface area contributed by atoms with Gasteiger partial charge in [0.25, 0.3) is 0 Å². The lowest BCUT2D eigenvalue weighted by atomic mass is 9.84. The first-order chi connectivity index (χ1) is 17.6. The zero-order valence-corrected chi connectivity index (χ0v) is 20.9. The summed E-state index contributed by atoms with van der Waals surface area (Å²) in [6.07, 6.45) is 7.38. The Balaban J connectivity index is 1.20. The number of fused-ring (bicyclic) bond motifs is 1. The molecular weight excluding hydrogens is 452 g/mol. The van der Waals surface area contributed by atoms with Gasteiger partial charge >= 0.3 is 6.03 Å². The Labute approximate surface area is 211 Å². The minimum absolute atomic E-state index is 0.144. The van der Waals surface area contributed by atoms with Crippen LogP contribution < -0.4 is 16.0 Å². The quantitative estimate of drug-likeness (QED) is 0.295. The van der Waals surface area contributed by atoms with Gasteiger partial charge in [-0.2, -0.15) is 0 Å². The second-order valence-corrected chi connectivity index (χ2v) is 9.64. The maximum atomic E-state index is 13.0. The molecule has 1 fully saturated rings. The summed E-state index contributed by atoms with van der Waals surface area (Å²) in [6, 6.07) is 14.3. The second kappa shape index (κ2) is 10.9. The van der Waals surface area contributed by atoms with Crippen LogP contribution in [0.1, 0.15) is 43.7 Å². The molecule has 9 heteroatoms. The number of aromatic nitrogens is 5. The van der Waals surface area contributed by atoms with Crippen molar-refractivity contribution in [3.8, 4) is 11.4 Å². The number of tetrazole rings is 1. The monoisotopic (exact) mass is 486 g/mol. The van der Waals surface area contributed by atoms with E-state index in [0.29, 0.717) is 11.7 Å². The number of anilines is 1. The zero-order chi connectivity index (χ0) is 24.9. The highest BCUT2D eigenvalue weighted by molar-refractivity contribution is 5.90. The van der Waals surface area contributed by atoms with Crippen molar-refractivity contribution >= 4 is 22.6 Å². The molecule has 0 bridgehead atoms. The highest BCUT2D eigenvalue weighted by Crippen LogP contribution is 2.26. The van der Waals surface area contributed by atoms with Crippen molar-refractivity contribution in [3.63, 3.8) is 0 Å². The first-order valence-electron chi connectivity index (χ1n) is 12.8. The average molecular weight is 487 g/mol. The summed E-state index contributed by atoms with van der Waals surface area (Å²) < 4.78 is 1.63. The second-order valence-electron chi connectivity index (χ2n) is 9.64. The first-order valence-corrected chi connectivity index (χ1v) is 12.8. The molecule has 0 saturated heterocycles. The van der Waals surface area contributed by atoms with E-state index in [2.05, 4.69) is 73.8 Å². The summed E-state index contributed by atoms with van der Waals surface area (Å²) in [6.45, 7) is 3.77. The SMILES string of the molecule is CCc1cc(NC(=O)N[C@@H]2CCCC[C@H]2CNCc2c[nH]c3ccccc23)cc(-c2nnnn2C)c1. The van der Waals surface area contributed by atoms with E-state index in [4.69, 9.17) is 0 Å². The van der Waals surface area contributed by atoms with Gasteiger partial charge in [0.1, 0.15) is 0 Å². The fourth-order valence-electron chi connectivity index (χ4n) is 5.22. The highest BCUT2D eigenvalue weighted by Gasteiger charge is 2.26. The molecule has 0 aliphatic heterocycles. The largest absolute Gasteiger partial charge is 0.361 e. The smallest absolute Gasteiger partial charge is 0.319 e. The standard InChI is InChI=1S/C27H34N8O/c1-3-18-12-20(26-32-33-34-35(26)2)14-22(13-18)30-27(36)31-24-10-6-4-8-19(24)15-28-16-21-17-29-25-11-7-5-9-23(21)25/h5,7,9,11-14,17,19,24,28-29H,3-4,6,8,10,15-16H2,1-2H3,(H2,30,31,36)/t19-,24+/m0/s1. The van der Waals surface area contributed by atoms with Crippen LogP contribution in [-0.2, 0) is 20.0 Å². The molecule has 4 N–H and O–H groups in total. The molecule has 0 unspecified atom stereocenters. The van der Waals surface area contributed by atoms with E-state index in [9.17, 15) is 4.79 Å². The number of hydrogen-bond donors (Lipinski definition) is 4. The van der Waals surface area contributed by atoms with Crippen LogP contribution in [0, 0.1) is 5.92 Å². The number of hydrogen-bond acceptors (Lipinski definition) is 5. The number of nitrogens with one attached hydrogen (secondary N) is 4. The van der Waals surface area contributed by atoms with Crippen LogP contribution in [0.25, 0.3) is 22.3 Å². The van der Waals surface area contributed by atoms with Gasteiger partial charge in [-0.3, -0.25) is 0 Å². The van der Waals surface area contributed by atoms with E-state index in [1.807, 2.05) is 25.2 Å². The van der Waals surface area contributed by atoms with Gasteiger partial charge < -0.3 is 20.9 Å². The minimum Gasteiger partial charge on any atom is -0.361 e. The van der Waals surface area contributed by atoms with Gasteiger partial charge in [-0.25, -0.2) is 9.48 Å². The fourth-order valence-corrected chi connectivity index (χ4v) is 5.22. The van der Waals surface area contributed by atoms with Crippen LogP contribution in [0.5, 0.6) is 0 Å². The van der Waals surface area contributed by atoms with Gasteiger partial charge in [0.05, 0.1) is 0 Å². The van der Waals surface area contributed by atoms with Gasteiger partial charge in [-0.05, 0) is 71.0 Å². The van der Waals surface area contributed by atoms with Crippen LogP contribution in [0.15, 0.2) is 48.7 Å². The Bertz CT molecular complexity index is 1330. The summed E-state index contributed by atoms with van der Waals surface area (Å²) in [7, 11) is 1.81. The number of amides is 2. The van der Waals surface area contributed by atoms with Crippen LogP contribution in [-0.4, -0.2) is 43.8 Å². The van der Waals surface area contributed by atoms with Crippen LogP contribution >= 0.6 is 0 Å². The van der Waals surface area contributed by atoms with Crippen LogP contribution in [0.2, 0.25) is 0 Å². The third-order valence-electron chi connectivity index (χ3n) is 7.16. The summed E-state index contributed by atoms with van der Waals surface area (Å²) in [5, 5.41) is 23.0. The summed E-state index contributed by atoms with van der Waals surface area (Å²) in [4.78, 5) is 16.3. The van der Waals surface area contributed by atoms with Crippen molar-refractivity contribution in [2.75, 3.05) is 11.9 Å². The van der Waals surface area contributed by atoms with Crippen molar-refractivity contribution in [2.45, 2.75) is 51.6 Å². The summed E-state index contributed by atoms with van der Waals surface area (Å²) >= 11 is 0. The Morgan fingerprint density at radius 1 is 1.17 bits per heavy atom.